The Morgan fingerprint density at radius 1 is 1.30 bits per heavy atom. The standard InChI is InChI=1S/C15H17NO4/c1-9-5-6-11(8-12(9)10(2)17)14(18)16-7-3-4-13(16)15(19)20/h5-6,8,13H,3-4,7H2,1-2H3,(H,19,20)/t13-/m0/s1. The molecule has 0 spiro atoms. The van der Waals surface area contributed by atoms with Crippen LogP contribution in [0.25, 0.3) is 0 Å². The topological polar surface area (TPSA) is 74.7 Å². The molecule has 5 nitrogen and oxygen atoms in total. The molecule has 1 aromatic rings. The molecule has 1 saturated heterocycles. The minimum atomic E-state index is -0.977. The van der Waals surface area contributed by atoms with E-state index in [4.69, 9.17) is 5.11 Å². The van der Waals surface area contributed by atoms with Gasteiger partial charge in [-0.1, -0.05) is 6.07 Å². The number of benzene rings is 1. The number of nitrogens with zero attached hydrogens (tertiary/aromatic N) is 1. The van der Waals surface area contributed by atoms with Crippen LogP contribution in [0.1, 0.15) is 46.0 Å². The molecule has 1 atom stereocenters. The van der Waals surface area contributed by atoms with Crippen molar-refractivity contribution in [3.8, 4) is 0 Å². The molecule has 1 aliphatic rings. The summed E-state index contributed by atoms with van der Waals surface area (Å²) in [5.41, 5.74) is 1.68. The summed E-state index contributed by atoms with van der Waals surface area (Å²) in [6.07, 6.45) is 1.17. The van der Waals surface area contributed by atoms with Crippen molar-refractivity contribution in [2.24, 2.45) is 0 Å². The highest BCUT2D eigenvalue weighted by atomic mass is 16.4. The van der Waals surface area contributed by atoms with E-state index in [-0.39, 0.29) is 11.7 Å². The maximum Gasteiger partial charge on any atom is 0.326 e. The summed E-state index contributed by atoms with van der Waals surface area (Å²) in [6, 6.07) is 4.15. The van der Waals surface area contributed by atoms with Crippen LogP contribution in [0.15, 0.2) is 18.2 Å². The predicted molar refractivity (Wildman–Crippen MR) is 72.9 cm³/mol. The van der Waals surface area contributed by atoms with Crippen LogP contribution in [0.2, 0.25) is 0 Å². The second kappa shape index (κ2) is 5.45. The predicted octanol–water partition coefficient (Wildman–Crippen LogP) is 1.89. The molecule has 0 aliphatic carbocycles. The number of aryl methyl sites for hydroxylation is 1. The fourth-order valence-electron chi connectivity index (χ4n) is 2.57. The lowest BCUT2D eigenvalue weighted by atomic mass is 10.0. The molecule has 5 heteroatoms. The molecule has 0 radical (unpaired) electrons. The number of amides is 1. The van der Waals surface area contributed by atoms with Crippen LogP contribution >= 0.6 is 0 Å². The zero-order chi connectivity index (χ0) is 14.9. The van der Waals surface area contributed by atoms with E-state index in [2.05, 4.69) is 0 Å². The van der Waals surface area contributed by atoms with E-state index in [1.54, 1.807) is 25.1 Å². The van der Waals surface area contributed by atoms with Gasteiger partial charge < -0.3 is 10.0 Å². The van der Waals surface area contributed by atoms with E-state index in [0.29, 0.717) is 30.5 Å². The maximum absolute atomic E-state index is 12.4. The van der Waals surface area contributed by atoms with E-state index in [1.807, 2.05) is 0 Å². The average Bonchev–Trinajstić information content (AvgIpc) is 2.87. The first-order chi connectivity index (χ1) is 9.41. The smallest absolute Gasteiger partial charge is 0.326 e. The summed E-state index contributed by atoms with van der Waals surface area (Å²) in [6.45, 7) is 3.70. The van der Waals surface area contributed by atoms with Gasteiger partial charge in [-0.2, -0.15) is 0 Å². The molecule has 20 heavy (non-hydrogen) atoms. The molecule has 0 unspecified atom stereocenters. The van der Waals surface area contributed by atoms with Crippen molar-refractivity contribution in [3.05, 3.63) is 34.9 Å². The number of carboxylic acids is 1. The lowest BCUT2D eigenvalue weighted by Crippen LogP contribution is -2.40. The van der Waals surface area contributed by atoms with Gasteiger partial charge in [0.05, 0.1) is 0 Å². The Kier molecular flexibility index (Phi) is 3.88. The second-order valence-corrected chi connectivity index (χ2v) is 5.08. The molecule has 1 N–H and O–H groups in total. The highest BCUT2D eigenvalue weighted by Crippen LogP contribution is 2.21. The van der Waals surface area contributed by atoms with Gasteiger partial charge in [0.1, 0.15) is 6.04 Å². The maximum atomic E-state index is 12.4. The zero-order valence-corrected chi connectivity index (χ0v) is 11.5. The number of aliphatic carboxylic acids is 1. The fourth-order valence-corrected chi connectivity index (χ4v) is 2.57. The quantitative estimate of drug-likeness (QED) is 0.855. The summed E-state index contributed by atoms with van der Waals surface area (Å²) in [7, 11) is 0. The van der Waals surface area contributed by atoms with Crippen molar-refractivity contribution in [3.63, 3.8) is 0 Å². The Morgan fingerprint density at radius 3 is 2.60 bits per heavy atom. The Balaban J connectivity index is 2.32. The molecule has 0 aromatic heterocycles. The number of carboxylic acid groups (broad SMARTS) is 1. The third-order valence-corrected chi connectivity index (χ3v) is 3.66. The van der Waals surface area contributed by atoms with Gasteiger partial charge in [-0.25, -0.2) is 4.79 Å². The number of Topliss-reactive ketones (excluding diaryl/α,β-unsaturated/α-hetero) is 1. The van der Waals surface area contributed by atoms with Crippen LogP contribution in [0.5, 0.6) is 0 Å². The molecule has 1 heterocycles. The Bertz CT molecular complexity index is 579. The normalized spacial score (nSPS) is 18.1. The highest BCUT2D eigenvalue weighted by molar-refractivity contribution is 6.01. The fraction of sp³-hybridized carbons (Fsp3) is 0.400. The Hall–Kier alpha value is -2.17. The minimum absolute atomic E-state index is 0.103. The van der Waals surface area contributed by atoms with Crippen LogP contribution in [-0.2, 0) is 4.79 Å². The van der Waals surface area contributed by atoms with Crippen LogP contribution in [-0.4, -0.2) is 40.3 Å². The summed E-state index contributed by atoms with van der Waals surface area (Å²) in [4.78, 5) is 36.4. The van der Waals surface area contributed by atoms with Crippen molar-refractivity contribution < 1.29 is 19.5 Å². The number of rotatable bonds is 3. The monoisotopic (exact) mass is 275 g/mol. The number of hydrogen-bond acceptors (Lipinski definition) is 3. The van der Waals surface area contributed by atoms with Gasteiger partial charge in [0.2, 0.25) is 0 Å². The number of carbonyl (C=O) groups excluding carboxylic acids is 2. The van der Waals surface area contributed by atoms with Crippen molar-refractivity contribution >= 4 is 17.7 Å². The van der Waals surface area contributed by atoms with E-state index >= 15 is 0 Å². The first-order valence-electron chi connectivity index (χ1n) is 6.57. The van der Waals surface area contributed by atoms with E-state index in [1.165, 1.54) is 11.8 Å². The number of ketones is 1. The molecule has 1 amide bonds. The van der Waals surface area contributed by atoms with Crippen molar-refractivity contribution in [1.82, 2.24) is 4.90 Å². The van der Waals surface area contributed by atoms with Crippen molar-refractivity contribution in [2.45, 2.75) is 32.7 Å². The molecule has 0 saturated carbocycles. The highest BCUT2D eigenvalue weighted by Gasteiger charge is 2.34. The molecule has 0 bridgehead atoms. The summed E-state index contributed by atoms with van der Waals surface area (Å²) in [5, 5.41) is 9.12. The van der Waals surface area contributed by atoms with Gasteiger partial charge in [0.15, 0.2) is 5.78 Å². The van der Waals surface area contributed by atoms with Crippen LogP contribution in [0.4, 0.5) is 0 Å². The van der Waals surface area contributed by atoms with Gasteiger partial charge in [-0.3, -0.25) is 9.59 Å². The molecular weight excluding hydrogens is 258 g/mol. The van der Waals surface area contributed by atoms with Gasteiger partial charge in [0, 0.05) is 17.7 Å². The van der Waals surface area contributed by atoms with E-state index in [9.17, 15) is 14.4 Å². The molecular formula is C15H17NO4. The van der Waals surface area contributed by atoms with Gasteiger partial charge in [-0.05, 0) is 44.4 Å². The second-order valence-electron chi connectivity index (χ2n) is 5.08. The molecule has 1 aliphatic heterocycles. The lowest BCUT2D eigenvalue weighted by molar-refractivity contribution is -0.141. The number of likely N-dealkylation sites (tertiary alicyclic amines) is 1. The Morgan fingerprint density at radius 2 is 2.00 bits per heavy atom. The summed E-state index contributed by atoms with van der Waals surface area (Å²) in [5.74, 6) is -1.40. The number of hydrogen-bond donors (Lipinski definition) is 1. The zero-order valence-electron chi connectivity index (χ0n) is 11.5. The summed E-state index contributed by atoms with van der Waals surface area (Å²) >= 11 is 0. The third-order valence-electron chi connectivity index (χ3n) is 3.66. The van der Waals surface area contributed by atoms with Gasteiger partial charge in [-0.15, -0.1) is 0 Å². The first kappa shape index (κ1) is 14.2. The molecule has 2 rings (SSSR count). The minimum Gasteiger partial charge on any atom is -0.480 e. The van der Waals surface area contributed by atoms with Gasteiger partial charge >= 0.3 is 5.97 Å². The van der Waals surface area contributed by atoms with Gasteiger partial charge in [0.25, 0.3) is 5.91 Å². The van der Waals surface area contributed by atoms with E-state index < -0.39 is 12.0 Å². The largest absolute Gasteiger partial charge is 0.480 e. The molecule has 106 valence electrons. The average molecular weight is 275 g/mol. The third kappa shape index (κ3) is 2.57. The van der Waals surface area contributed by atoms with Crippen molar-refractivity contribution in [2.75, 3.05) is 6.54 Å². The van der Waals surface area contributed by atoms with Crippen LogP contribution in [0.3, 0.4) is 0 Å². The lowest BCUT2D eigenvalue weighted by Gasteiger charge is -2.21. The van der Waals surface area contributed by atoms with Crippen LogP contribution < -0.4 is 0 Å². The molecule has 1 aromatic carbocycles. The Labute approximate surface area is 117 Å². The number of carbonyl (C=O) groups is 3. The molecule has 1 fully saturated rings. The van der Waals surface area contributed by atoms with Crippen molar-refractivity contribution in [1.29, 1.82) is 0 Å². The summed E-state index contributed by atoms with van der Waals surface area (Å²) < 4.78 is 0. The van der Waals surface area contributed by atoms with Crippen LogP contribution in [0, 0.1) is 6.92 Å². The van der Waals surface area contributed by atoms with E-state index in [0.717, 1.165) is 5.56 Å². The first-order valence-corrected chi connectivity index (χ1v) is 6.57. The SMILES string of the molecule is CC(=O)c1cc(C(=O)N2CCC[C@H]2C(=O)O)ccc1C.